The van der Waals surface area contributed by atoms with Gasteiger partial charge in [-0.2, -0.15) is 5.10 Å². The summed E-state index contributed by atoms with van der Waals surface area (Å²) in [6, 6.07) is 8.57. The smallest absolute Gasteiger partial charge is 0.276 e. The van der Waals surface area contributed by atoms with Crippen LogP contribution in [0, 0.1) is 6.92 Å². The van der Waals surface area contributed by atoms with Crippen LogP contribution in [0.2, 0.25) is 0 Å². The third kappa shape index (κ3) is 2.86. The van der Waals surface area contributed by atoms with Crippen LogP contribution >= 0.6 is 0 Å². The van der Waals surface area contributed by atoms with Crippen LogP contribution in [0.25, 0.3) is 0 Å². The number of benzene rings is 1. The van der Waals surface area contributed by atoms with Gasteiger partial charge in [0.15, 0.2) is 5.84 Å². The van der Waals surface area contributed by atoms with E-state index in [-0.39, 0.29) is 11.7 Å². The summed E-state index contributed by atoms with van der Waals surface area (Å²) in [6.07, 6.45) is 0. The van der Waals surface area contributed by atoms with Gasteiger partial charge in [0, 0.05) is 25.3 Å². The molecule has 1 aromatic heterocycles. The molecular weight excluding hydrogens is 270 g/mol. The molecule has 0 atom stereocenters. The molecule has 0 aliphatic heterocycles. The minimum atomic E-state index is -0.158. The minimum absolute atomic E-state index is 0.0257. The number of rotatable bonds is 3. The molecule has 0 spiro atoms. The Morgan fingerprint density at radius 3 is 2.48 bits per heavy atom. The summed E-state index contributed by atoms with van der Waals surface area (Å²) in [5.74, 6) is -0.132. The quantitative estimate of drug-likeness (QED) is 0.382. The predicted octanol–water partition coefficient (Wildman–Crippen LogP) is 1.10. The standard InChI is InChI=1S/C14H17N5O2/c1-9-8-12(19(3)16-9)14(20)18(2)11-6-4-10(5-7-11)13(15)17-21/h4-8,21H,1-3H3,(H2,15,17). The number of oxime groups is 1. The Bertz CT molecular complexity index is 688. The summed E-state index contributed by atoms with van der Waals surface area (Å²) >= 11 is 0. The number of carbonyl (C=O) groups is 1. The van der Waals surface area contributed by atoms with Crippen LogP contribution in [0.5, 0.6) is 0 Å². The zero-order valence-electron chi connectivity index (χ0n) is 12.1. The van der Waals surface area contributed by atoms with Crippen molar-refractivity contribution < 1.29 is 10.0 Å². The lowest BCUT2D eigenvalue weighted by Gasteiger charge is -2.17. The Kier molecular flexibility index (Phi) is 3.93. The molecule has 0 aliphatic carbocycles. The van der Waals surface area contributed by atoms with Gasteiger partial charge in [0.05, 0.1) is 5.69 Å². The van der Waals surface area contributed by atoms with E-state index >= 15 is 0 Å². The topological polar surface area (TPSA) is 96.7 Å². The highest BCUT2D eigenvalue weighted by Crippen LogP contribution is 2.17. The summed E-state index contributed by atoms with van der Waals surface area (Å²) in [4.78, 5) is 14.0. The lowest BCUT2D eigenvalue weighted by atomic mass is 10.2. The Labute approximate surface area is 122 Å². The van der Waals surface area contributed by atoms with Gasteiger partial charge in [-0.1, -0.05) is 5.16 Å². The Hall–Kier alpha value is -2.83. The van der Waals surface area contributed by atoms with Gasteiger partial charge in [0.2, 0.25) is 0 Å². The number of aryl methyl sites for hydroxylation is 2. The number of hydrogen-bond acceptors (Lipinski definition) is 4. The first-order valence-corrected chi connectivity index (χ1v) is 6.30. The molecular formula is C14H17N5O2. The van der Waals surface area contributed by atoms with E-state index in [4.69, 9.17) is 10.9 Å². The second kappa shape index (κ2) is 5.66. The number of nitrogens with two attached hydrogens (primary N) is 1. The van der Waals surface area contributed by atoms with E-state index in [1.807, 2.05) is 6.92 Å². The first kappa shape index (κ1) is 14.6. The molecule has 0 saturated heterocycles. The van der Waals surface area contributed by atoms with Gasteiger partial charge in [0.1, 0.15) is 5.69 Å². The molecule has 0 aliphatic rings. The molecule has 110 valence electrons. The van der Waals surface area contributed by atoms with Crippen LogP contribution in [0.4, 0.5) is 5.69 Å². The van der Waals surface area contributed by atoms with Gasteiger partial charge in [-0.3, -0.25) is 9.48 Å². The molecule has 0 bridgehead atoms. The highest BCUT2D eigenvalue weighted by atomic mass is 16.4. The maximum atomic E-state index is 12.4. The third-order valence-electron chi connectivity index (χ3n) is 3.18. The van der Waals surface area contributed by atoms with Crippen LogP contribution in [0.15, 0.2) is 35.5 Å². The van der Waals surface area contributed by atoms with Gasteiger partial charge in [-0.05, 0) is 37.3 Å². The zero-order chi connectivity index (χ0) is 15.6. The molecule has 1 amide bonds. The molecule has 0 saturated carbocycles. The normalized spacial score (nSPS) is 11.5. The molecule has 3 N–H and O–H groups in total. The van der Waals surface area contributed by atoms with Crippen LogP contribution in [0.3, 0.4) is 0 Å². The number of amides is 1. The largest absolute Gasteiger partial charge is 0.409 e. The van der Waals surface area contributed by atoms with E-state index < -0.39 is 0 Å². The average molecular weight is 287 g/mol. The number of amidine groups is 1. The maximum absolute atomic E-state index is 12.4. The third-order valence-corrected chi connectivity index (χ3v) is 3.18. The second-order valence-corrected chi connectivity index (χ2v) is 4.69. The number of anilines is 1. The molecule has 0 unspecified atom stereocenters. The molecule has 21 heavy (non-hydrogen) atoms. The number of nitrogens with zero attached hydrogens (tertiary/aromatic N) is 4. The zero-order valence-corrected chi connectivity index (χ0v) is 12.1. The molecule has 2 rings (SSSR count). The Morgan fingerprint density at radius 1 is 1.38 bits per heavy atom. The lowest BCUT2D eigenvalue weighted by Crippen LogP contribution is -2.28. The number of hydrogen-bond donors (Lipinski definition) is 2. The van der Waals surface area contributed by atoms with Crippen molar-refractivity contribution in [3.63, 3.8) is 0 Å². The van der Waals surface area contributed by atoms with E-state index in [9.17, 15) is 4.79 Å². The highest BCUT2D eigenvalue weighted by molar-refractivity contribution is 6.05. The van der Waals surface area contributed by atoms with E-state index in [1.54, 1.807) is 49.1 Å². The number of aromatic nitrogens is 2. The Morgan fingerprint density at radius 2 is 2.00 bits per heavy atom. The molecule has 1 aromatic carbocycles. The van der Waals surface area contributed by atoms with E-state index in [1.165, 1.54) is 4.90 Å². The molecule has 0 fully saturated rings. The highest BCUT2D eigenvalue weighted by Gasteiger charge is 2.17. The lowest BCUT2D eigenvalue weighted by molar-refractivity contribution is 0.0984. The maximum Gasteiger partial charge on any atom is 0.276 e. The van der Waals surface area contributed by atoms with E-state index in [2.05, 4.69) is 10.3 Å². The van der Waals surface area contributed by atoms with Crippen LogP contribution < -0.4 is 10.6 Å². The summed E-state index contributed by atoms with van der Waals surface area (Å²) in [5, 5.41) is 15.7. The van der Waals surface area contributed by atoms with Crippen molar-refractivity contribution in [1.82, 2.24) is 9.78 Å². The van der Waals surface area contributed by atoms with Crippen molar-refractivity contribution in [3.05, 3.63) is 47.3 Å². The van der Waals surface area contributed by atoms with E-state index in [0.29, 0.717) is 16.9 Å². The van der Waals surface area contributed by atoms with Gasteiger partial charge in [-0.25, -0.2) is 0 Å². The fourth-order valence-electron chi connectivity index (χ4n) is 2.01. The van der Waals surface area contributed by atoms with Crippen molar-refractivity contribution in [1.29, 1.82) is 0 Å². The van der Waals surface area contributed by atoms with Crippen molar-refractivity contribution in [3.8, 4) is 0 Å². The van der Waals surface area contributed by atoms with Crippen LogP contribution in [-0.4, -0.2) is 33.8 Å². The molecule has 2 aromatic rings. The summed E-state index contributed by atoms with van der Waals surface area (Å²) in [6.45, 7) is 1.84. The van der Waals surface area contributed by atoms with Crippen molar-refractivity contribution in [2.24, 2.45) is 17.9 Å². The molecule has 0 radical (unpaired) electrons. The fraction of sp³-hybridized carbons (Fsp3) is 0.214. The van der Waals surface area contributed by atoms with Crippen molar-refractivity contribution >= 4 is 17.4 Å². The van der Waals surface area contributed by atoms with Crippen LogP contribution in [0.1, 0.15) is 21.7 Å². The fourth-order valence-corrected chi connectivity index (χ4v) is 2.01. The van der Waals surface area contributed by atoms with Crippen molar-refractivity contribution in [2.75, 3.05) is 11.9 Å². The van der Waals surface area contributed by atoms with Crippen LogP contribution in [-0.2, 0) is 7.05 Å². The van der Waals surface area contributed by atoms with E-state index in [0.717, 1.165) is 5.69 Å². The first-order valence-electron chi connectivity index (χ1n) is 6.30. The number of carbonyl (C=O) groups excluding carboxylic acids is 1. The summed E-state index contributed by atoms with van der Waals surface area (Å²) in [7, 11) is 3.42. The van der Waals surface area contributed by atoms with Gasteiger partial charge in [0.25, 0.3) is 5.91 Å². The predicted molar refractivity (Wildman–Crippen MR) is 79.6 cm³/mol. The molecule has 7 heteroatoms. The minimum Gasteiger partial charge on any atom is -0.409 e. The Balaban J connectivity index is 2.25. The monoisotopic (exact) mass is 287 g/mol. The van der Waals surface area contributed by atoms with Crippen molar-refractivity contribution in [2.45, 2.75) is 6.92 Å². The summed E-state index contributed by atoms with van der Waals surface area (Å²) < 4.78 is 1.55. The molecule has 7 nitrogen and oxygen atoms in total. The van der Waals surface area contributed by atoms with Gasteiger partial charge >= 0.3 is 0 Å². The second-order valence-electron chi connectivity index (χ2n) is 4.69. The molecule has 1 heterocycles. The average Bonchev–Trinajstić information content (AvgIpc) is 2.83. The van der Waals surface area contributed by atoms with Gasteiger partial charge in [-0.15, -0.1) is 0 Å². The SMILES string of the molecule is Cc1cc(C(=O)N(C)c2ccc(C(N)=NO)cc2)n(C)n1. The van der Waals surface area contributed by atoms with Gasteiger partial charge < -0.3 is 15.8 Å². The first-order chi connectivity index (χ1) is 9.93. The summed E-state index contributed by atoms with van der Waals surface area (Å²) in [5.41, 5.74) is 8.08.